The Morgan fingerprint density at radius 3 is 2.57 bits per heavy atom. The van der Waals surface area contributed by atoms with Crippen molar-refractivity contribution in [3.8, 4) is 28.6 Å². The van der Waals surface area contributed by atoms with Crippen LogP contribution in [-0.4, -0.2) is 42.9 Å². The summed E-state index contributed by atoms with van der Waals surface area (Å²) in [4.78, 5) is 43.3. The zero-order chi connectivity index (χ0) is 31.5. The smallest absolute Gasteiger partial charge is 0.338 e. The predicted molar refractivity (Wildman–Crippen MR) is 162 cm³/mol. The highest BCUT2D eigenvalue weighted by Gasteiger charge is 2.34. The lowest BCUT2D eigenvalue weighted by Crippen LogP contribution is -2.39. The first kappa shape index (κ1) is 30.3. The highest BCUT2D eigenvalue weighted by Crippen LogP contribution is 2.37. The number of benzene rings is 2. The van der Waals surface area contributed by atoms with Gasteiger partial charge in [-0.15, -0.1) is 0 Å². The second-order valence-corrected chi connectivity index (χ2v) is 10.5. The third-order valence-electron chi connectivity index (χ3n) is 6.89. The van der Waals surface area contributed by atoms with E-state index < -0.39 is 22.5 Å². The summed E-state index contributed by atoms with van der Waals surface area (Å²) < 4.78 is 29.4. The summed E-state index contributed by atoms with van der Waals surface area (Å²) in [6.45, 7) is 5.77. The molecule has 0 fully saturated rings. The number of hydrogen-bond donors (Lipinski definition) is 0. The van der Waals surface area contributed by atoms with Gasteiger partial charge in [-0.2, -0.15) is 0 Å². The molecule has 0 N–H and O–H groups in total. The van der Waals surface area contributed by atoms with Crippen molar-refractivity contribution in [3.63, 3.8) is 0 Å². The predicted octanol–water partition coefficient (Wildman–Crippen LogP) is 4.38. The Bertz CT molecular complexity index is 1970. The number of fused-ring (bicyclic) bond motifs is 1. The maximum atomic E-state index is 14.0. The molecular formula is C31H29N3O9S. The Balaban J connectivity index is 1.64. The van der Waals surface area contributed by atoms with E-state index >= 15 is 0 Å². The number of thiazole rings is 1. The highest BCUT2D eigenvalue weighted by molar-refractivity contribution is 7.07. The van der Waals surface area contributed by atoms with Crippen LogP contribution in [0.2, 0.25) is 0 Å². The van der Waals surface area contributed by atoms with Gasteiger partial charge in [-0.1, -0.05) is 17.4 Å². The number of carbonyl (C=O) groups is 1. The monoisotopic (exact) mass is 619 g/mol. The summed E-state index contributed by atoms with van der Waals surface area (Å²) >= 11 is 1.13. The first-order valence-electron chi connectivity index (χ1n) is 13.6. The first-order chi connectivity index (χ1) is 21.2. The average Bonchev–Trinajstić information content (AvgIpc) is 3.60. The SMILES string of the molecule is CCOC(=O)C1=C(C)N=c2s/c(=C\c3ccc(-c4ccc(OC)cc4[N+](=O)[O-])o3)c(=O)n2[C@@H]1c1ccc(OC)c(OCC)c1. The molecule has 0 aliphatic carbocycles. The van der Waals surface area contributed by atoms with Crippen molar-refractivity contribution in [1.29, 1.82) is 0 Å². The van der Waals surface area contributed by atoms with Gasteiger partial charge >= 0.3 is 5.97 Å². The van der Waals surface area contributed by atoms with Crippen LogP contribution in [0.25, 0.3) is 17.4 Å². The van der Waals surface area contributed by atoms with Crippen LogP contribution in [0.5, 0.6) is 17.2 Å². The lowest BCUT2D eigenvalue weighted by atomic mass is 9.95. The van der Waals surface area contributed by atoms with Crippen LogP contribution in [-0.2, 0) is 9.53 Å². The number of esters is 1. The number of ether oxygens (including phenoxy) is 4. The van der Waals surface area contributed by atoms with Crippen LogP contribution in [0.4, 0.5) is 5.69 Å². The molecule has 228 valence electrons. The zero-order valence-electron chi connectivity index (χ0n) is 24.6. The Morgan fingerprint density at radius 1 is 1.09 bits per heavy atom. The Labute approximate surface area is 255 Å². The molecule has 0 saturated heterocycles. The van der Waals surface area contributed by atoms with Gasteiger partial charge in [-0.3, -0.25) is 19.5 Å². The number of allylic oxidation sites excluding steroid dienone is 1. The number of carbonyl (C=O) groups excluding carboxylic acids is 1. The Kier molecular flexibility index (Phi) is 8.67. The second-order valence-electron chi connectivity index (χ2n) is 9.49. The molecule has 0 saturated carbocycles. The molecule has 3 heterocycles. The summed E-state index contributed by atoms with van der Waals surface area (Å²) in [5.41, 5.74) is 0.919. The van der Waals surface area contributed by atoms with E-state index in [0.29, 0.717) is 45.7 Å². The molecule has 0 spiro atoms. The van der Waals surface area contributed by atoms with Crippen molar-refractivity contribution >= 4 is 29.1 Å². The van der Waals surface area contributed by atoms with Crippen LogP contribution in [0.15, 0.2) is 74.0 Å². The van der Waals surface area contributed by atoms with Gasteiger partial charge in [0.25, 0.3) is 11.2 Å². The van der Waals surface area contributed by atoms with Crippen LogP contribution < -0.4 is 29.1 Å². The number of methoxy groups -OCH3 is 2. The van der Waals surface area contributed by atoms with Crippen LogP contribution in [0.1, 0.15) is 38.1 Å². The number of rotatable bonds is 10. The quantitative estimate of drug-likeness (QED) is 0.143. The molecule has 1 aliphatic heterocycles. The van der Waals surface area contributed by atoms with Crippen molar-refractivity contribution in [2.45, 2.75) is 26.8 Å². The van der Waals surface area contributed by atoms with E-state index in [9.17, 15) is 19.7 Å². The molecule has 0 unspecified atom stereocenters. The minimum Gasteiger partial charge on any atom is -0.497 e. The molecular weight excluding hydrogens is 590 g/mol. The molecule has 44 heavy (non-hydrogen) atoms. The molecule has 0 radical (unpaired) electrons. The van der Waals surface area contributed by atoms with E-state index in [1.165, 1.54) is 24.9 Å². The van der Waals surface area contributed by atoms with Crippen molar-refractivity contribution in [1.82, 2.24) is 4.57 Å². The van der Waals surface area contributed by atoms with Crippen molar-refractivity contribution in [2.75, 3.05) is 27.4 Å². The topological polar surface area (TPSA) is 145 Å². The normalized spacial score (nSPS) is 14.6. The average molecular weight is 620 g/mol. The largest absolute Gasteiger partial charge is 0.497 e. The molecule has 0 amide bonds. The lowest BCUT2D eigenvalue weighted by Gasteiger charge is -2.25. The van der Waals surface area contributed by atoms with Gasteiger partial charge in [0.05, 0.1) is 65.8 Å². The zero-order valence-corrected chi connectivity index (χ0v) is 25.4. The van der Waals surface area contributed by atoms with Gasteiger partial charge in [-0.25, -0.2) is 9.79 Å². The first-order valence-corrected chi connectivity index (χ1v) is 14.4. The molecule has 13 heteroatoms. The number of aromatic nitrogens is 1. The summed E-state index contributed by atoms with van der Waals surface area (Å²) in [6.07, 6.45) is 1.54. The fourth-order valence-electron chi connectivity index (χ4n) is 4.94. The minimum atomic E-state index is -0.855. The molecule has 12 nitrogen and oxygen atoms in total. The fourth-order valence-corrected chi connectivity index (χ4v) is 5.97. The van der Waals surface area contributed by atoms with Crippen molar-refractivity contribution < 1.29 is 33.1 Å². The maximum absolute atomic E-state index is 14.0. The highest BCUT2D eigenvalue weighted by atomic mass is 32.1. The van der Waals surface area contributed by atoms with E-state index in [1.54, 1.807) is 62.4 Å². The van der Waals surface area contributed by atoms with Crippen molar-refractivity contribution in [2.24, 2.45) is 4.99 Å². The minimum absolute atomic E-state index is 0.146. The third-order valence-corrected chi connectivity index (χ3v) is 7.87. The standard InChI is InChI=1S/C31H29N3O9S/c1-6-41-25-14-18(8-12-24(25)40-5)28-27(30(36)42-7-2)17(3)32-31-33(28)29(35)26(44-31)16-20-10-13-23(43-20)21-11-9-19(39-4)15-22(21)34(37)38/h8-16,28H,6-7H2,1-5H3/b26-16-/t28-/m1/s1. The van der Waals surface area contributed by atoms with Gasteiger partial charge in [0, 0.05) is 6.08 Å². The number of furan rings is 1. The number of nitro benzene ring substituents is 1. The fraction of sp³-hybridized carbons (Fsp3) is 0.258. The number of nitrogens with zero attached hydrogens (tertiary/aromatic N) is 3. The van der Waals surface area contributed by atoms with Gasteiger partial charge in [0.15, 0.2) is 16.3 Å². The number of nitro groups is 1. The molecule has 1 atom stereocenters. The van der Waals surface area contributed by atoms with E-state index in [2.05, 4.69) is 4.99 Å². The van der Waals surface area contributed by atoms with Crippen LogP contribution in [0, 0.1) is 10.1 Å². The lowest BCUT2D eigenvalue weighted by molar-refractivity contribution is -0.384. The maximum Gasteiger partial charge on any atom is 0.338 e. The summed E-state index contributed by atoms with van der Waals surface area (Å²) in [5.74, 6) is 1.27. The third kappa shape index (κ3) is 5.61. The molecule has 5 rings (SSSR count). The van der Waals surface area contributed by atoms with Gasteiger partial charge < -0.3 is 23.4 Å². The van der Waals surface area contributed by atoms with Crippen LogP contribution >= 0.6 is 11.3 Å². The molecule has 1 aliphatic rings. The summed E-state index contributed by atoms with van der Waals surface area (Å²) in [6, 6.07) is 12.0. The summed E-state index contributed by atoms with van der Waals surface area (Å²) in [7, 11) is 2.95. The van der Waals surface area contributed by atoms with Crippen molar-refractivity contribution in [3.05, 3.63) is 101 Å². The molecule has 2 aromatic heterocycles. The Hall–Kier alpha value is -5.17. The molecule has 0 bridgehead atoms. The molecule has 4 aromatic rings. The van der Waals surface area contributed by atoms with E-state index in [0.717, 1.165) is 11.3 Å². The van der Waals surface area contributed by atoms with Crippen LogP contribution in [0.3, 0.4) is 0 Å². The van der Waals surface area contributed by atoms with Gasteiger partial charge in [-0.05, 0) is 62.7 Å². The van der Waals surface area contributed by atoms with E-state index in [4.69, 9.17) is 23.4 Å². The Morgan fingerprint density at radius 2 is 1.89 bits per heavy atom. The summed E-state index contributed by atoms with van der Waals surface area (Å²) in [5, 5.41) is 11.7. The molecule has 2 aromatic carbocycles. The van der Waals surface area contributed by atoms with Gasteiger partial charge in [0.1, 0.15) is 17.3 Å². The number of hydrogen-bond acceptors (Lipinski definition) is 11. The van der Waals surface area contributed by atoms with E-state index in [-0.39, 0.29) is 33.7 Å². The second kappa shape index (κ2) is 12.6. The van der Waals surface area contributed by atoms with E-state index in [1.807, 2.05) is 6.92 Å². The van der Waals surface area contributed by atoms with Gasteiger partial charge in [0.2, 0.25) is 0 Å².